The van der Waals surface area contributed by atoms with Crippen LogP contribution in [0.3, 0.4) is 0 Å². The molecule has 3 atom stereocenters. The van der Waals surface area contributed by atoms with Crippen molar-refractivity contribution in [2.75, 3.05) is 13.1 Å². The van der Waals surface area contributed by atoms with Crippen molar-refractivity contribution in [1.82, 2.24) is 25.5 Å². The molecule has 2 rings (SSSR count). The van der Waals surface area contributed by atoms with Crippen molar-refractivity contribution in [3.05, 3.63) is 18.2 Å². The van der Waals surface area contributed by atoms with E-state index < -0.39 is 54.2 Å². The van der Waals surface area contributed by atoms with Crippen LogP contribution in [0.25, 0.3) is 0 Å². The number of nitrogens with zero attached hydrogens (tertiary/aromatic N) is 2. The van der Waals surface area contributed by atoms with Gasteiger partial charge in [-0.1, -0.05) is 0 Å². The lowest BCUT2D eigenvalue weighted by atomic mass is 10.1. The molecule has 7 N–H and O–H groups in total. The van der Waals surface area contributed by atoms with Gasteiger partial charge in [0.2, 0.25) is 17.7 Å². The Kier molecular flexibility index (Phi) is 7.86. The molecule has 0 saturated carbocycles. The summed E-state index contributed by atoms with van der Waals surface area (Å²) in [6.07, 6.45) is 2.97. The van der Waals surface area contributed by atoms with Gasteiger partial charge in [0.15, 0.2) is 0 Å². The molecule has 0 bridgehead atoms. The fourth-order valence-electron chi connectivity index (χ4n) is 3.22. The number of rotatable bonds is 10. The number of aromatic nitrogens is 2. The lowest BCUT2D eigenvalue weighted by Crippen LogP contribution is -2.56. The van der Waals surface area contributed by atoms with E-state index in [1.54, 1.807) is 0 Å². The van der Waals surface area contributed by atoms with Crippen molar-refractivity contribution in [2.24, 2.45) is 5.73 Å². The van der Waals surface area contributed by atoms with Crippen LogP contribution in [-0.2, 0) is 30.4 Å². The molecule has 0 aliphatic carbocycles. The van der Waals surface area contributed by atoms with Crippen LogP contribution in [-0.4, -0.2) is 86.0 Å². The van der Waals surface area contributed by atoms with Gasteiger partial charge in [-0.3, -0.25) is 19.2 Å². The Morgan fingerprint density at radius 3 is 2.53 bits per heavy atom. The van der Waals surface area contributed by atoms with Crippen LogP contribution < -0.4 is 16.4 Å². The summed E-state index contributed by atoms with van der Waals surface area (Å²) >= 11 is 0. The molecule has 13 nitrogen and oxygen atoms in total. The first-order chi connectivity index (χ1) is 14.2. The van der Waals surface area contributed by atoms with Gasteiger partial charge in [-0.15, -0.1) is 0 Å². The monoisotopic (exact) mass is 424 g/mol. The summed E-state index contributed by atoms with van der Waals surface area (Å²) in [6.45, 7) is -0.0995. The zero-order chi connectivity index (χ0) is 22.3. The molecular weight excluding hydrogens is 400 g/mol. The Bertz CT molecular complexity index is 797. The molecule has 30 heavy (non-hydrogen) atoms. The predicted molar refractivity (Wildman–Crippen MR) is 99.8 cm³/mol. The first-order valence-electron chi connectivity index (χ1n) is 9.25. The van der Waals surface area contributed by atoms with Gasteiger partial charge >= 0.3 is 11.9 Å². The van der Waals surface area contributed by atoms with Gasteiger partial charge < -0.3 is 36.5 Å². The van der Waals surface area contributed by atoms with Gasteiger partial charge in [0.1, 0.15) is 18.1 Å². The number of nitrogens with two attached hydrogens (primary N) is 1. The molecule has 3 amide bonds. The summed E-state index contributed by atoms with van der Waals surface area (Å²) in [5.41, 5.74) is 5.90. The molecule has 1 aliphatic rings. The van der Waals surface area contributed by atoms with Crippen molar-refractivity contribution in [1.29, 1.82) is 0 Å². The average molecular weight is 424 g/mol. The molecule has 2 heterocycles. The number of carboxylic acids is 2. The van der Waals surface area contributed by atoms with E-state index in [1.165, 1.54) is 17.4 Å². The van der Waals surface area contributed by atoms with Crippen LogP contribution >= 0.6 is 0 Å². The van der Waals surface area contributed by atoms with Crippen molar-refractivity contribution < 1.29 is 34.2 Å². The standard InChI is InChI=1S/C17H24N6O7/c18-6-13(24)21-10(4-9-7-19-8-20-9)16(28)23-3-1-2-12(23)15(27)22-11(17(29)30)5-14(25)26/h7-8,10-12H,1-6,18H2,(H,19,20)(H,21,24)(H,22,27)(H,25,26)(H,29,30). The molecule has 1 aliphatic heterocycles. The highest BCUT2D eigenvalue weighted by atomic mass is 16.4. The van der Waals surface area contributed by atoms with Crippen LogP contribution in [0, 0.1) is 0 Å². The topological polar surface area (TPSA) is 208 Å². The fraction of sp³-hybridized carbons (Fsp3) is 0.529. The number of nitrogens with one attached hydrogen (secondary N) is 3. The molecule has 1 aromatic heterocycles. The van der Waals surface area contributed by atoms with Crippen LogP contribution in [0.2, 0.25) is 0 Å². The van der Waals surface area contributed by atoms with E-state index in [4.69, 9.17) is 15.9 Å². The summed E-state index contributed by atoms with van der Waals surface area (Å²) in [5, 5.41) is 22.6. The quantitative estimate of drug-likeness (QED) is 0.233. The van der Waals surface area contributed by atoms with Gasteiger partial charge in [-0.2, -0.15) is 0 Å². The first-order valence-corrected chi connectivity index (χ1v) is 9.25. The van der Waals surface area contributed by atoms with E-state index in [0.29, 0.717) is 12.1 Å². The van der Waals surface area contributed by atoms with Crippen molar-refractivity contribution in [3.63, 3.8) is 0 Å². The molecule has 3 unspecified atom stereocenters. The molecule has 1 saturated heterocycles. The third kappa shape index (κ3) is 6.01. The summed E-state index contributed by atoms with van der Waals surface area (Å²) in [5.74, 6) is -4.73. The fourth-order valence-corrected chi connectivity index (χ4v) is 3.22. The third-order valence-electron chi connectivity index (χ3n) is 4.63. The number of imidazole rings is 1. The second-order valence-corrected chi connectivity index (χ2v) is 6.79. The van der Waals surface area contributed by atoms with Crippen LogP contribution in [0.1, 0.15) is 25.0 Å². The number of amides is 3. The summed E-state index contributed by atoms with van der Waals surface area (Å²) < 4.78 is 0. The maximum absolute atomic E-state index is 13.1. The number of hydrogen-bond donors (Lipinski definition) is 6. The zero-order valence-electron chi connectivity index (χ0n) is 16.0. The molecule has 0 radical (unpaired) electrons. The Morgan fingerprint density at radius 2 is 1.97 bits per heavy atom. The molecular formula is C17H24N6O7. The van der Waals surface area contributed by atoms with E-state index in [9.17, 15) is 24.0 Å². The van der Waals surface area contributed by atoms with Gasteiger partial charge in [-0.05, 0) is 12.8 Å². The van der Waals surface area contributed by atoms with E-state index in [-0.39, 0.29) is 25.9 Å². The number of carbonyl (C=O) groups is 5. The Hall–Kier alpha value is -3.48. The SMILES string of the molecule is NCC(=O)NC(Cc1cnc[nH]1)C(=O)N1CCCC1C(=O)NC(CC(=O)O)C(=O)O. The largest absolute Gasteiger partial charge is 0.481 e. The molecule has 1 fully saturated rings. The number of carbonyl (C=O) groups excluding carboxylic acids is 3. The highest BCUT2D eigenvalue weighted by molar-refractivity contribution is 5.94. The van der Waals surface area contributed by atoms with E-state index in [1.807, 2.05) is 0 Å². The van der Waals surface area contributed by atoms with Crippen molar-refractivity contribution in [2.45, 2.75) is 43.8 Å². The highest BCUT2D eigenvalue weighted by Gasteiger charge is 2.39. The minimum Gasteiger partial charge on any atom is -0.481 e. The van der Waals surface area contributed by atoms with Crippen LogP contribution in [0.15, 0.2) is 12.5 Å². The summed E-state index contributed by atoms with van der Waals surface area (Å²) in [4.78, 5) is 67.4. The van der Waals surface area contributed by atoms with Crippen LogP contribution in [0.5, 0.6) is 0 Å². The Balaban J connectivity index is 2.14. The van der Waals surface area contributed by atoms with E-state index in [0.717, 1.165) is 0 Å². The maximum Gasteiger partial charge on any atom is 0.326 e. The predicted octanol–water partition coefficient (Wildman–Crippen LogP) is -2.57. The number of likely N-dealkylation sites (tertiary alicyclic amines) is 1. The lowest BCUT2D eigenvalue weighted by molar-refractivity contribution is -0.148. The normalized spacial score (nSPS) is 17.8. The molecule has 1 aromatic rings. The van der Waals surface area contributed by atoms with E-state index >= 15 is 0 Å². The van der Waals surface area contributed by atoms with E-state index in [2.05, 4.69) is 20.6 Å². The number of aromatic amines is 1. The number of hydrogen-bond acceptors (Lipinski definition) is 7. The number of H-pyrrole nitrogens is 1. The van der Waals surface area contributed by atoms with Gasteiger partial charge in [0.05, 0.1) is 19.3 Å². The van der Waals surface area contributed by atoms with Gasteiger partial charge in [-0.25, -0.2) is 9.78 Å². The third-order valence-corrected chi connectivity index (χ3v) is 4.63. The van der Waals surface area contributed by atoms with Gasteiger partial charge in [0.25, 0.3) is 0 Å². The highest BCUT2D eigenvalue weighted by Crippen LogP contribution is 2.20. The average Bonchev–Trinajstić information content (AvgIpc) is 3.37. The lowest BCUT2D eigenvalue weighted by Gasteiger charge is -2.29. The smallest absolute Gasteiger partial charge is 0.326 e. The summed E-state index contributed by atoms with van der Waals surface area (Å²) in [6, 6.07) is -3.61. The number of carboxylic acid groups (broad SMARTS) is 2. The van der Waals surface area contributed by atoms with Crippen LogP contribution in [0.4, 0.5) is 0 Å². The molecule has 164 valence electrons. The first kappa shape index (κ1) is 22.8. The maximum atomic E-state index is 13.1. The minimum atomic E-state index is -1.62. The molecule has 0 aromatic carbocycles. The van der Waals surface area contributed by atoms with Crippen molar-refractivity contribution in [3.8, 4) is 0 Å². The zero-order valence-corrected chi connectivity index (χ0v) is 16.0. The summed E-state index contributed by atoms with van der Waals surface area (Å²) in [7, 11) is 0. The Labute approximate surface area is 171 Å². The minimum absolute atomic E-state index is 0.0895. The second kappa shape index (κ2) is 10.3. The molecule has 0 spiro atoms. The number of aliphatic carboxylic acids is 2. The van der Waals surface area contributed by atoms with Crippen molar-refractivity contribution >= 4 is 29.7 Å². The molecule has 13 heteroatoms. The Morgan fingerprint density at radius 1 is 1.23 bits per heavy atom. The second-order valence-electron chi connectivity index (χ2n) is 6.79. The van der Waals surface area contributed by atoms with Gasteiger partial charge in [0, 0.05) is 24.9 Å².